The third-order valence-corrected chi connectivity index (χ3v) is 4.65. The Hall–Kier alpha value is -3.09. The van der Waals surface area contributed by atoms with Crippen molar-refractivity contribution in [2.75, 3.05) is 23.9 Å². The maximum Gasteiger partial charge on any atom is 0.296 e. The average Bonchev–Trinajstić information content (AvgIpc) is 2.64. The van der Waals surface area contributed by atoms with E-state index in [-0.39, 0.29) is 29.9 Å². The third kappa shape index (κ3) is 3.61. The number of nitrogens with zero attached hydrogens (tertiary/aromatic N) is 2. The lowest BCUT2D eigenvalue weighted by Crippen LogP contribution is -2.42. The summed E-state index contributed by atoms with van der Waals surface area (Å²) in [5.41, 5.74) is 2.24. The topological polar surface area (TPSA) is 84.7 Å². The van der Waals surface area contributed by atoms with Gasteiger partial charge in [0.2, 0.25) is 5.91 Å². The van der Waals surface area contributed by atoms with Gasteiger partial charge in [-0.2, -0.15) is 0 Å². The van der Waals surface area contributed by atoms with Gasteiger partial charge in [-0.1, -0.05) is 18.2 Å². The number of hydrogen-bond acceptors (Lipinski definition) is 5. The van der Waals surface area contributed by atoms with Crippen molar-refractivity contribution in [2.45, 2.75) is 25.8 Å². The Morgan fingerprint density at radius 2 is 2.12 bits per heavy atom. The second-order valence-corrected chi connectivity index (χ2v) is 6.33. The summed E-state index contributed by atoms with van der Waals surface area (Å²) in [4.78, 5) is 25.3. The van der Waals surface area contributed by atoms with E-state index in [4.69, 9.17) is 4.74 Å². The molecule has 0 saturated heterocycles. The number of rotatable bonds is 5. The number of amides is 1. The van der Waals surface area contributed by atoms with Gasteiger partial charge >= 0.3 is 0 Å². The van der Waals surface area contributed by atoms with E-state index in [0.717, 1.165) is 18.5 Å². The number of benzene rings is 2. The van der Waals surface area contributed by atoms with E-state index < -0.39 is 4.92 Å². The molecule has 1 aliphatic heterocycles. The van der Waals surface area contributed by atoms with E-state index in [2.05, 4.69) is 18.3 Å². The monoisotopic (exact) mass is 355 g/mol. The molecule has 0 aliphatic carbocycles. The van der Waals surface area contributed by atoms with Crippen LogP contribution in [0.4, 0.5) is 17.1 Å². The van der Waals surface area contributed by atoms with E-state index in [1.807, 2.05) is 23.1 Å². The molecule has 2 aromatic carbocycles. The third-order valence-electron chi connectivity index (χ3n) is 4.65. The van der Waals surface area contributed by atoms with Gasteiger partial charge < -0.3 is 15.0 Å². The number of nitro benzene ring substituents is 1. The number of anilines is 2. The highest BCUT2D eigenvalue weighted by Crippen LogP contribution is 2.31. The first-order valence-electron chi connectivity index (χ1n) is 8.46. The number of para-hydroxylation sites is 1. The largest absolute Gasteiger partial charge is 0.496 e. The number of nitrogens with one attached hydrogen (secondary N) is 1. The van der Waals surface area contributed by atoms with Crippen LogP contribution in [0.15, 0.2) is 42.5 Å². The summed E-state index contributed by atoms with van der Waals surface area (Å²) < 4.78 is 5.01. The van der Waals surface area contributed by atoms with Gasteiger partial charge in [0, 0.05) is 11.7 Å². The zero-order chi connectivity index (χ0) is 18.7. The predicted octanol–water partition coefficient (Wildman–Crippen LogP) is 3.38. The highest BCUT2D eigenvalue weighted by atomic mass is 16.6. The van der Waals surface area contributed by atoms with E-state index in [1.165, 1.54) is 24.8 Å². The molecule has 7 heteroatoms. The number of carbonyl (C=O) groups excluding carboxylic acids is 1. The van der Waals surface area contributed by atoms with E-state index in [9.17, 15) is 14.9 Å². The van der Waals surface area contributed by atoms with Crippen LogP contribution in [0.3, 0.4) is 0 Å². The molecule has 1 amide bonds. The molecule has 3 rings (SSSR count). The Morgan fingerprint density at radius 1 is 1.35 bits per heavy atom. The smallest absolute Gasteiger partial charge is 0.296 e. The van der Waals surface area contributed by atoms with Crippen molar-refractivity contribution >= 4 is 23.0 Å². The van der Waals surface area contributed by atoms with Crippen LogP contribution in [0.1, 0.15) is 18.9 Å². The van der Waals surface area contributed by atoms with Gasteiger partial charge in [-0.15, -0.1) is 0 Å². The van der Waals surface area contributed by atoms with Crippen molar-refractivity contribution < 1.29 is 14.5 Å². The van der Waals surface area contributed by atoms with Crippen molar-refractivity contribution in [3.63, 3.8) is 0 Å². The molecular formula is C19H21N3O4. The fourth-order valence-electron chi connectivity index (χ4n) is 3.24. The second-order valence-electron chi connectivity index (χ2n) is 6.33. The predicted molar refractivity (Wildman–Crippen MR) is 99.8 cm³/mol. The molecule has 1 unspecified atom stereocenters. The van der Waals surface area contributed by atoms with Crippen LogP contribution < -0.4 is 15.0 Å². The van der Waals surface area contributed by atoms with Crippen LogP contribution in [0.25, 0.3) is 0 Å². The minimum absolute atomic E-state index is 0.140. The van der Waals surface area contributed by atoms with Crippen molar-refractivity contribution in [3.8, 4) is 5.75 Å². The number of aryl methyl sites for hydroxylation is 1. The second kappa shape index (κ2) is 7.43. The fourth-order valence-corrected chi connectivity index (χ4v) is 3.24. The fraction of sp³-hybridized carbons (Fsp3) is 0.316. The molecule has 0 aromatic heterocycles. The van der Waals surface area contributed by atoms with Gasteiger partial charge in [0.05, 0.1) is 24.6 Å². The lowest BCUT2D eigenvalue weighted by molar-refractivity contribution is -0.384. The molecule has 1 N–H and O–H groups in total. The molecule has 2 aromatic rings. The summed E-state index contributed by atoms with van der Waals surface area (Å²) in [6, 6.07) is 12.6. The van der Waals surface area contributed by atoms with Gasteiger partial charge in [-0.25, -0.2) is 0 Å². The molecule has 7 nitrogen and oxygen atoms in total. The highest BCUT2D eigenvalue weighted by Gasteiger charge is 2.25. The van der Waals surface area contributed by atoms with Gasteiger partial charge in [0.15, 0.2) is 0 Å². The molecule has 26 heavy (non-hydrogen) atoms. The average molecular weight is 355 g/mol. The molecule has 136 valence electrons. The number of carbonyl (C=O) groups is 1. The number of hydrogen-bond donors (Lipinski definition) is 1. The Labute approximate surface area is 151 Å². The van der Waals surface area contributed by atoms with Crippen LogP contribution in [0.5, 0.6) is 5.75 Å². The first kappa shape index (κ1) is 17.7. The Morgan fingerprint density at radius 3 is 2.85 bits per heavy atom. The summed E-state index contributed by atoms with van der Waals surface area (Å²) in [5.74, 6) is 0.0788. The zero-order valence-electron chi connectivity index (χ0n) is 14.8. The van der Waals surface area contributed by atoms with Gasteiger partial charge in [-0.05, 0) is 43.5 Å². The summed E-state index contributed by atoms with van der Waals surface area (Å²) >= 11 is 0. The van der Waals surface area contributed by atoms with Crippen LogP contribution >= 0.6 is 0 Å². The number of ether oxygens (including phenoxy) is 1. The molecular weight excluding hydrogens is 334 g/mol. The van der Waals surface area contributed by atoms with Crippen molar-refractivity contribution in [3.05, 3.63) is 58.1 Å². The molecule has 1 aliphatic rings. The molecule has 0 saturated carbocycles. The van der Waals surface area contributed by atoms with Crippen molar-refractivity contribution in [1.29, 1.82) is 0 Å². The first-order valence-corrected chi connectivity index (χ1v) is 8.46. The Kier molecular flexibility index (Phi) is 5.06. The van der Waals surface area contributed by atoms with Gasteiger partial charge in [-0.3, -0.25) is 14.9 Å². The van der Waals surface area contributed by atoms with Crippen LogP contribution in [0, 0.1) is 10.1 Å². The SMILES string of the molecule is COc1ccc(NC(=O)CN2c3ccccc3CCC2C)c([N+](=O)[O-])c1. The van der Waals surface area contributed by atoms with Crippen molar-refractivity contribution in [1.82, 2.24) is 0 Å². The number of methoxy groups -OCH3 is 1. The Balaban J connectivity index is 1.79. The minimum Gasteiger partial charge on any atom is -0.496 e. The van der Waals surface area contributed by atoms with Gasteiger partial charge in [0.1, 0.15) is 11.4 Å². The Bertz CT molecular complexity index is 837. The lowest BCUT2D eigenvalue weighted by atomic mass is 9.96. The summed E-state index contributed by atoms with van der Waals surface area (Å²) in [6.45, 7) is 2.22. The quantitative estimate of drug-likeness (QED) is 0.656. The molecule has 0 spiro atoms. The van der Waals surface area contributed by atoms with E-state index in [0.29, 0.717) is 5.75 Å². The summed E-state index contributed by atoms with van der Waals surface area (Å²) in [6.07, 6.45) is 1.95. The maximum absolute atomic E-state index is 12.6. The van der Waals surface area contributed by atoms with Crippen LogP contribution in [-0.2, 0) is 11.2 Å². The van der Waals surface area contributed by atoms with Crippen LogP contribution in [0.2, 0.25) is 0 Å². The standard InChI is InChI=1S/C19H21N3O4/c1-13-7-8-14-5-3-4-6-17(14)21(13)12-19(23)20-16-10-9-15(26-2)11-18(16)22(24)25/h3-6,9-11,13H,7-8,12H2,1-2H3,(H,20,23). The van der Waals surface area contributed by atoms with E-state index >= 15 is 0 Å². The number of nitro groups is 1. The minimum atomic E-state index is -0.531. The molecule has 1 atom stereocenters. The number of fused-ring (bicyclic) bond motifs is 1. The first-order chi connectivity index (χ1) is 12.5. The summed E-state index contributed by atoms with van der Waals surface area (Å²) in [7, 11) is 1.44. The zero-order valence-corrected chi connectivity index (χ0v) is 14.8. The normalized spacial score (nSPS) is 15.9. The molecule has 0 radical (unpaired) electrons. The van der Waals surface area contributed by atoms with E-state index in [1.54, 1.807) is 6.07 Å². The van der Waals surface area contributed by atoms with Crippen LogP contribution in [-0.4, -0.2) is 30.5 Å². The lowest BCUT2D eigenvalue weighted by Gasteiger charge is -2.36. The maximum atomic E-state index is 12.6. The molecule has 0 fully saturated rings. The van der Waals surface area contributed by atoms with Crippen molar-refractivity contribution in [2.24, 2.45) is 0 Å². The molecule has 1 heterocycles. The van der Waals surface area contributed by atoms with Gasteiger partial charge in [0.25, 0.3) is 5.69 Å². The summed E-state index contributed by atoms with van der Waals surface area (Å²) in [5, 5.41) is 13.9. The molecule has 0 bridgehead atoms. The highest BCUT2D eigenvalue weighted by molar-refractivity contribution is 5.96.